The molecule has 2 N–H and O–H groups in total. The van der Waals surface area contributed by atoms with Crippen LogP contribution in [-0.2, 0) is 17.7 Å². The van der Waals surface area contributed by atoms with E-state index >= 15 is 0 Å². The molecule has 0 amide bonds. The lowest BCUT2D eigenvalue weighted by Crippen LogP contribution is -2.44. The average Bonchev–Trinajstić information content (AvgIpc) is 2.84. The second-order valence-electron chi connectivity index (χ2n) is 4.76. The van der Waals surface area contributed by atoms with Gasteiger partial charge in [0.05, 0.1) is 12.7 Å². The second kappa shape index (κ2) is 6.87. The molecule has 0 saturated carbocycles. The van der Waals surface area contributed by atoms with Crippen LogP contribution >= 0.6 is 0 Å². The smallest absolute Gasteiger partial charge is 0.108 e. The van der Waals surface area contributed by atoms with Crippen LogP contribution in [0.1, 0.15) is 19.2 Å². The molecule has 5 heteroatoms. The molecular formula is C13H24N4O. The van der Waals surface area contributed by atoms with Crippen LogP contribution in [0.25, 0.3) is 0 Å². The van der Waals surface area contributed by atoms with Crippen LogP contribution in [0.3, 0.4) is 0 Å². The summed E-state index contributed by atoms with van der Waals surface area (Å²) in [4.78, 5) is 6.81. The maximum atomic E-state index is 5.69. The van der Waals surface area contributed by atoms with Gasteiger partial charge >= 0.3 is 0 Å². The molecule has 0 unspecified atom stereocenters. The highest BCUT2D eigenvalue weighted by Gasteiger charge is 2.19. The standard InChI is InChI=1S/C13H24N4O/c1-2-13-15-5-6-17(13)8-7-16-9-10-18-12(11-16)3-4-14/h5-6,12H,2-4,7-11,14H2,1H3/t12-/m1/s1. The molecule has 1 saturated heterocycles. The summed E-state index contributed by atoms with van der Waals surface area (Å²) in [6.07, 6.45) is 6.22. The molecule has 5 nitrogen and oxygen atoms in total. The maximum Gasteiger partial charge on any atom is 0.108 e. The SMILES string of the molecule is CCc1nccn1CCN1CCO[C@H](CCN)C1. The van der Waals surface area contributed by atoms with Gasteiger partial charge in [0, 0.05) is 45.0 Å². The van der Waals surface area contributed by atoms with Crippen molar-refractivity contribution in [1.82, 2.24) is 14.5 Å². The third-order valence-electron chi connectivity index (χ3n) is 3.49. The Kier molecular flexibility index (Phi) is 5.16. The van der Waals surface area contributed by atoms with Crippen LogP contribution in [0.5, 0.6) is 0 Å². The molecule has 1 fully saturated rings. The van der Waals surface area contributed by atoms with E-state index in [4.69, 9.17) is 10.5 Å². The molecule has 0 aliphatic carbocycles. The number of ether oxygens (including phenoxy) is 1. The molecule has 1 aliphatic rings. The van der Waals surface area contributed by atoms with Crippen LogP contribution in [0.4, 0.5) is 0 Å². The van der Waals surface area contributed by atoms with Crippen LogP contribution in [0.15, 0.2) is 12.4 Å². The summed E-state index contributed by atoms with van der Waals surface area (Å²) in [6.45, 7) is 7.79. The van der Waals surface area contributed by atoms with E-state index in [-0.39, 0.29) is 0 Å². The Labute approximate surface area is 109 Å². The van der Waals surface area contributed by atoms with Gasteiger partial charge in [0.1, 0.15) is 5.82 Å². The third kappa shape index (κ3) is 3.54. The molecule has 0 spiro atoms. The second-order valence-corrected chi connectivity index (χ2v) is 4.76. The molecule has 0 bridgehead atoms. The average molecular weight is 252 g/mol. The predicted octanol–water partition coefficient (Wildman–Crippen LogP) is 0.495. The highest BCUT2D eigenvalue weighted by atomic mass is 16.5. The lowest BCUT2D eigenvalue weighted by atomic mass is 10.2. The Morgan fingerprint density at radius 1 is 1.50 bits per heavy atom. The number of nitrogens with two attached hydrogens (primary N) is 1. The van der Waals surface area contributed by atoms with E-state index < -0.39 is 0 Å². The van der Waals surface area contributed by atoms with E-state index in [1.54, 1.807) is 0 Å². The van der Waals surface area contributed by atoms with Gasteiger partial charge in [0.15, 0.2) is 0 Å². The fraction of sp³-hybridized carbons (Fsp3) is 0.769. The third-order valence-corrected chi connectivity index (χ3v) is 3.49. The number of morpholine rings is 1. The zero-order chi connectivity index (χ0) is 12.8. The first-order chi connectivity index (χ1) is 8.83. The lowest BCUT2D eigenvalue weighted by molar-refractivity contribution is -0.0315. The van der Waals surface area contributed by atoms with E-state index in [2.05, 4.69) is 27.6 Å². The molecule has 0 radical (unpaired) electrons. The fourth-order valence-corrected chi connectivity index (χ4v) is 2.45. The summed E-state index contributed by atoms with van der Waals surface area (Å²) < 4.78 is 7.93. The van der Waals surface area contributed by atoms with Gasteiger partial charge < -0.3 is 15.0 Å². The van der Waals surface area contributed by atoms with Crippen molar-refractivity contribution in [3.05, 3.63) is 18.2 Å². The zero-order valence-electron chi connectivity index (χ0n) is 11.2. The Hall–Kier alpha value is -0.910. The van der Waals surface area contributed by atoms with Crippen molar-refractivity contribution in [3.63, 3.8) is 0 Å². The number of aryl methyl sites for hydroxylation is 1. The summed E-state index contributed by atoms with van der Waals surface area (Å²) in [5, 5.41) is 0. The molecule has 2 rings (SSSR count). The summed E-state index contributed by atoms with van der Waals surface area (Å²) in [6, 6.07) is 0. The molecule has 2 heterocycles. The minimum absolute atomic E-state index is 0.317. The van der Waals surface area contributed by atoms with Crippen LogP contribution in [-0.4, -0.2) is 53.3 Å². The van der Waals surface area contributed by atoms with Gasteiger partial charge in [-0.3, -0.25) is 4.90 Å². The van der Waals surface area contributed by atoms with Gasteiger partial charge in [-0.05, 0) is 13.0 Å². The van der Waals surface area contributed by atoms with Crippen molar-refractivity contribution in [2.75, 3.05) is 32.8 Å². The Morgan fingerprint density at radius 3 is 3.17 bits per heavy atom. The number of hydrogen-bond donors (Lipinski definition) is 1. The van der Waals surface area contributed by atoms with Crippen LogP contribution in [0, 0.1) is 0 Å². The van der Waals surface area contributed by atoms with E-state index in [1.807, 2.05) is 6.20 Å². The topological polar surface area (TPSA) is 56.3 Å². The quantitative estimate of drug-likeness (QED) is 0.801. The number of imidazole rings is 1. The normalized spacial score (nSPS) is 21.3. The molecule has 1 atom stereocenters. The first-order valence-corrected chi connectivity index (χ1v) is 6.87. The molecule has 1 aliphatic heterocycles. The summed E-state index contributed by atoms with van der Waals surface area (Å²) in [5.41, 5.74) is 5.58. The Balaban J connectivity index is 1.79. The van der Waals surface area contributed by atoms with Crippen molar-refractivity contribution in [2.45, 2.75) is 32.4 Å². The summed E-state index contributed by atoms with van der Waals surface area (Å²) in [7, 11) is 0. The van der Waals surface area contributed by atoms with Crippen molar-refractivity contribution < 1.29 is 4.74 Å². The first-order valence-electron chi connectivity index (χ1n) is 6.87. The van der Waals surface area contributed by atoms with Gasteiger partial charge in [0.2, 0.25) is 0 Å². The van der Waals surface area contributed by atoms with Crippen molar-refractivity contribution in [2.24, 2.45) is 5.73 Å². The highest BCUT2D eigenvalue weighted by molar-refractivity contribution is 4.91. The van der Waals surface area contributed by atoms with E-state index in [0.29, 0.717) is 12.6 Å². The fourth-order valence-electron chi connectivity index (χ4n) is 2.45. The van der Waals surface area contributed by atoms with Crippen LogP contribution < -0.4 is 5.73 Å². The van der Waals surface area contributed by atoms with Gasteiger partial charge in [-0.15, -0.1) is 0 Å². The van der Waals surface area contributed by atoms with Gasteiger partial charge in [-0.25, -0.2) is 4.98 Å². The number of nitrogens with zero attached hydrogens (tertiary/aromatic N) is 3. The number of rotatable bonds is 6. The monoisotopic (exact) mass is 252 g/mol. The molecule has 18 heavy (non-hydrogen) atoms. The molecule has 1 aromatic rings. The molecular weight excluding hydrogens is 228 g/mol. The maximum absolute atomic E-state index is 5.69. The molecule has 102 valence electrons. The number of aromatic nitrogens is 2. The molecule has 0 aromatic carbocycles. The van der Waals surface area contributed by atoms with E-state index in [9.17, 15) is 0 Å². The minimum Gasteiger partial charge on any atom is -0.376 e. The Bertz CT molecular complexity index is 351. The van der Waals surface area contributed by atoms with Crippen molar-refractivity contribution in [1.29, 1.82) is 0 Å². The minimum atomic E-state index is 0.317. The van der Waals surface area contributed by atoms with E-state index in [0.717, 1.165) is 45.6 Å². The predicted molar refractivity (Wildman–Crippen MR) is 71.5 cm³/mol. The van der Waals surface area contributed by atoms with Gasteiger partial charge in [0.25, 0.3) is 0 Å². The highest BCUT2D eigenvalue weighted by Crippen LogP contribution is 2.08. The van der Waals surface area contributed by atoms with Gasteiger partial charge in [-0.1, -0.05) is 6.92 Å². The van der Waals surface area contributed by atoms with Crippen LogP contribution in [0.2, 0.25) is 0 Å². The van der Waals surface area contributed by atoms with Crippen molar-refractivity contribution in [3.8, 4) is 0 Å². The molecule has 1 aromatic heterocycles. The largest absolute Gasteiger partial charge is 0.376 e. The van der Waals surface area contributed by atoms with Gasteiger partial charge in [-0.2, -0.15) is 0 Å². The number of hydrogen-bond acceptors (Lipinski definition) is 4. The van der Waals surface area contributed by atoms with Crippen molar-refractivity contribution >= 4 is 0 Å². The summed E-state index contributed by atoms with van der Waals surface area (Å²) >= 11 is 0. The lowest BCUT2D eigenvalue weighted by Gasteiger charge is -2.32. The summed E-state index contributed by atoms with van der Waals surface area (Å²) in [5.74, 6) is 1.17. The van der Waals surface area contributed by atoms with E-state index in [1.165, 1.54) is 5.82 Å². The Morgan fingerprint density at radius 2 is 2.39 bits per heavy atom. The first kappa shape index (κ1) is 13.5. The zero-order valence-corrected chi connectivity index (χ0v) is 11.2.